The van der Waals surface area contributed by atoms with E-state index >= 15 is 0 Å². The predicted molar refractivity (Wildman–Crippen MR) is 126 cm³/mol. The van der Waals surface area contributed by atoms with Gasteiger partial charge in [0.25, 0.3) is 0 Å². The number of hydrogen-bond acceptors (Lipinski definition) is 4. The molecule has 1 aliphatic rings. The van der Waals surface area contributed by atoms with Crippen LogP contribution < -0.4 is 5.32 Å². The number of carboxylic acid groups (broad SMARTS) is 1. The van der Waals surface area contributed by atoms with E-state index in [-0.39, 0.29) is 24.8 Å². The Morgan fingerprint density at radius 1 is 1.06 bits per heavy atom. The Labute approximate surface area is 194 Å². The first-order chi connectivity index (χ1) is 14.1. The van der Waals surface area contributed by atoms with Gasteiger partial charge >= 0.3 is 5.97 Å². The number of benzene rings is 2. The topological polar surface area (TPSA) is 82.5 Å². The number of fused-ring (bicyclic) bond motifs is 1. The third-order valence-electron chi connectivity index (χ3n) is 5.57. The van der Waals surface area contributed by atoms with Gasteiger partial charge in [0.2, 0.25) is 0 Å². The van der Waals surface area contributed by atoms with E-state index in [1.807, 2.05) is 24.3 Å². The summed E-state index contributed by atoms with van der Waals surface area (Å²) in [6, 6.07) is 17.5. The Hall–Kier alpha value is -2.44. The molecule has 3 aromatic rings. The third-order valence-corrected chi connectivity index (χ3v) is 5.57. The Kier molecular flexibility index (Phi) is 9.01. The zero-order valence-electron chi connectivity index (χ0n) is 16.9. The van der Waals surface area contributed by atoms with E-state index in [1.165, 1.54) is 11.1 Å². The summed E-state index contributed by atoms with van der Waals surface area (Å²) < 4.78 is 0. The van der Waals surface area contributed by atoms with Gasteiger partial charge in [-0.1, -0.05) is 36.4 Å². The summed E-state index contributed by atoms with van der Waals surface area (Å²) in [6.07, 6.45) is 5.80. The van der Waals surface area contributed by atoms with Crippen LogP contribution in [0.4, 0.5) is 0 Å². The van der Waals surface area contributed by atoms with Crippen LogP contribution in [0.1, 0.15) is 39.6 Å². The van der Waals surface area contributed by atoms with Crippen molar-refractivity contribution in [2.75, 3.05) is 6.54 Å². The molecule has 164 valence electrons. The Morgan fingerprint density at radius 3 is 2.48 bits per heavy atom. The molecule has 1 heterocycles. The number of carboxylic acids is 1. The number of aliphatic hydroxyl groups excluding tert-OH is 1. The monoisotopic (exact) mass is 460 g/mol. The van der Waals surface area contributed by atoms with Crippen molar-refractivity contribution in [2.45, 2.75) is 31.4 Å². The first kappa shape index (κ1) is 24.8. The normalized spacial score (nSPS) is 15.7. The summed E-state index contributed by atoms with van der Waals surface area (Å²) >= 11 is 0. The van der Waals surface area contributed by atoms with Crippen LogP contribution in [-0.4, -0.2) is 33.8 Å². The van der Waals surface area contributed by atoms with E-state index < -0.39 is 12.1 Å². The lowest BCUT2D eigenvalue weighted by Gasteiger charge is -2.27. The van der Waals surface area contributed by atoms with E-state index in [0.717, 1.165) is 36.0 Å². The van der Waals surface area contributed by atoms with E-state index in [4.69, 9.17) is 5.11 Å². The van der Waals surface area contributed by atoms with Gasteiger partial charge in [0.1, 0.15) is 0 Å². The molecule has 0 spiro atoms. The van der Waals surface area contributed by atoms with Gasteiger partial charge in [-0.3, -0.25) is 4.98 Å². The molecule has 0 fully saturated rings. The van der Waals surface area contributed by atoms with Gasteiger partial charge in [-0.2, -0.15) is 0 Å². The van der Waals surface area contributed by atoms with Gasteiger partial charge in [0.05, 0.1) is 11.7 Å². The van der Waals surface area contributed by atoms with Gasteiger partial charge in [0, 0.05) is 30.5 Å². The van der Waals surface area contributed by atoms with Crippen LogP contribution in [0.3, 0.4) is 0 Å². The number of pyridine rings is 1. The number of aromatic carboxylic acids is 1. The van der Waals surface area contributed by atoms with Crippen molar-refractivity contribution in [1.82, 2.24) is 10.3 Å². The average molecular weight is 461 g/mol. The summed E-state index contributed by atoms with van der Waals surface area (Å²) in [4.78, 5) is 15.1. The molecule has 1 aromatic heterocycles. The fourth-order valence-corrected chi connectivity index (χ4v) is 3.89. The van der Waals surface area contributed by atoms with Gasteiger partial charge in [-0.05, 0) is 59.7 Å². The molecule has 0 aliphatic heterocycles. The maximum absolute atomic E-state index is 11.0. The molecule has 0 unspecified atom stereocenters. The molecule has 0 saturated carbocycles. The molecule has 0 radical (unpaired) electrons. The minimum Gasteiger partial charge on any atom is -0.478 e. The second kappa shape index (κ2) is 11.3. The van der Waals surface area contributed by atoms with Crippen LogP contribution >= 0.6 is 24.8 Å². The highest BCUT2D eigenvalue weighted by Gasteiger charge is 2.20. The fourth-order valence-electron chi connectivity index (χ4n) is 3.89. The smallest absolute Gasteiger partial charge is 0.335 e. The van der Waals surface area contributed by atoms with E-state index in [0.29, 0.717) is 18.2 Å². The summed E-state index contributed by atoms with van der Waals surface area (Å²) in [5, 5.41) is 22.9. The number of carbonyl (C=O) groups is 1. The second-order valence-electron chi connectivity index (χ2n) is 7.52. The van der Waals surface area contributed by atoms with Crippen molar-refractivity contribution < 1.29 is 15.0 Å². The summed E-state index contributed by atoms with van der Waals surface area (Å²) in [6.45, 7) is 0.502. The van der Waals surface area contributed by atoms with Crippen molar-refractivity contribution >= 4 is 30.8 Å². The van der Waals surface area contributed by atoms with Gasteiger partial charge in [-0.15, -0.1) is 24.8 Å². The molecule has 3 N–H and O–H groups in total. The fraction of sp³-hybridized carbons (Fsp3) is 0.250. The molecular formula is C24H26Cl2N2O3. The molecule has 5 nitrogen and oxygen atoms in total. The molecular weight excluding hydrogens is 435 g/mol. The minimum atomic E-state index is -0.913. The van der Waals surface area contributed by atoms with Gasteiger partial charge < -0.3 is 15.5 Å². The maximum atomic E-state index is 11.0. The first-order valence-electron chi connectivity index (χ1n) is 9.87. The zero-order valence-corrected chi connectivity index (χ0v) is 18.5. The number of hydrogen-bond donors (Lipinski definition) is 3. The minimum absolute atomic E-state index is 0. The lowest BCUT2D eigenvalue weighted by Crippen LogP contribution is -2.37. The van der Waals surface area contributed by atoms with Crippen LogP contribution in [0.2, 0.25) is 0 Å². The molecule has 0 saturated heterocycles. The van der Waals surface area contributed by atoms with E-state index in [9.17, 15) is 9.90 Å². The standard InChI is InChI=1S/C24H24N2O3.2ClH/c27-23(20-2-1-11-25-14-20)15-26-22-10-9-17-5-8-19(12-21(17)13-22)16-3-6-18(7-4-16)24(28)29;;/h1-8,11-12,14,22-23,26-27H,9-10,13,15H2,(H,28,29);2*1H/t22-,23-;;/m0../s1. The number of aryl methyl sites for hydroxylation is 1. The predicted octanol–water partition coefficient (Wildman–Crippen LogP) is 4.47. The van der Waals surface area contributed by atoms with E-state index in [1.54, 1.807) is 24.5 Å². The Bertz CT molecular complexity index is 997. The SMILES string of the molecule is Cl.Cl.O=C(O)c1ccc(-c2ccc3c(c2)C[C@@H](NC[C@H](O)c2cccnc2)CC3)cc1. The highest BCUT2D eigenvalue weighted by atomic mass is 35.5. The van der Waals surface area contributed by atoms with Crippen LogP contribution in [0.5, 0.6) is 0 Å². The molecule has 1 aliphatic carbocycles. The summed E-state index contributed by atoms with van der Waals surface area (Å²) in [7, 11) is 0. The Morgan fingerprint density at radius 2 is 1.81 bits per heavy atom. The molecule has 2 atom stereocenters. The number of nitrogens with one attached hydrogen (secondary N) is 1. The molecule has 0 amide bonds. The Balaban J connectivity index is 0.00000171. The quantitative estimate of drug-likeness (QED) is 0.505. The second-order valence-corrected chi connectivity index (χ2v) is 7.52. The molecule has 31 heavy (non-hydrogen) atoms. The number of aromatic nitrogens is 1. The maximum Gasteiger partial charge on any atom is 0.335 e. The zero-order chi connectivity index (χ0) is 20.2. The molecule has 2 aromatic carbocycles. The highest BCUT2D eigenvalue weighted by molar-refractivity contribution is 5.88. The van der Waals surface area contributed by atoms with Crippen molar-refractivity contribution in [2.24, 2.45) is 0 Å². The molecule has 4 rings (SSSR count). The highest BCUT2D eigenvalue weighted by Crippen LogP contribution is 2.28. The molecule has 0 bridgehead atoms. The number of halogens is 2. The summed E-state index contributed by atoms with van der Waals surface area (Å²) in [5.41, 5.74) is 5.90. The number of aliphatic hydroxyl groups is 1. The van der Waals surface area contributed by atoms with Gasteiger partial charge in [0.15, 0.2) is 0 Å². The van der Waals surface area contributed by atoms with Crippen LogP contribution in [-0.2, 0) is 12.8 Å². The first-order valence-corrected chi connectivity index (χ1v) is 9.87. The lowest BCUT2D eigenvalue weighted by molar-refractivity contribution is 0.0697. The van der Waals surface area contributed by atoms with E-state index in [2.05, 4.69) is 28.5 Å². The number of rotatable bonds is 6. The summed E-state index contributed by atoms with van der Waals surface area (Å²) in [5.74, 6) is -0.913. The van der Waals surface area contributed by atoms with Crippen molar-refractivity contribution in [3.05, 3.63) is 89.2 Å². The van der Waals surface area contributed by atoms with Crippen molar-refractivity contribution in [3.63, 3.8) is 0 Å². The van der Waals surface area contributed by atoms with Crippen molar-refractivity contribution in [3.8, 4) is 11.1 Å². The van der Waals surface area contributed by atoms with Crippen LogP contribution in [0.15, 0.2) is 67.0 Å². The van der Waals surface area contributed by atoms with Gasteiger partial charge in [-0.25, -0.2) is 4.79 Å². The molecule has 7 heteroatoms. The van der Waals surface area contributed by atoms with Crippen LogP contribution in [0, 0.1) is 0 Å². The number of nitrogens with zero attached hydrogens (tertiary/aromatic N) is 1. The van der Waals surface area contributed by atoms with Crippen LogP contribution in [0.25, 0.3) is 11.1 Å². The average Bonchev–Trinajstić information content (AvgIpc) is 2.77. The third kappa shape index (κ3) is 6.05. The van der Waals surface area contributed by atoms with Crippen molar-refractivity contribution in [1.29, 1.82) is 0 Å². The lowest BCUT2D eigenvalue weighted by atomic mass is 9.86. The largest absolute Gasteiger partial charge is 0.478 e.